The highest BCUT2D eigenvalue weighted by atomic mass is 32.1. The van der Waals surface area contributed by atoms with E-state index in [0.29, 0.717) is 22.7 Å². The summed E-state index contributed by atoms with van der Waals surface area (Å²) in [5, 5.41) is 26.4. The molecule has 0 bridgehead atoms. The van der Waals surface area contributed by atoms with E-state index in [9.17, 15) is 24.3 Å². The summed E-state index contributed by atoms with van der Waals surface area (Å²) >= 11 is 3.20. The van der Waals surface area contributed by atoms with Gasteiger partial charge in [0.15, 0.2) is 11.4 Å². The zero-order valence-corrected chi connectivity index (χ0v) is 41.4. The van der Waals surface area contributed by atoms with Crippen LogP contribution in [-0.4, -0.2) is 96.0 Å². The lowest BCUT2D eigenvalue weighted by Gasteiger charge is -2.35. The summed E-state index contributed by atoms with van der Waals surface area (Å²) in [7, 11) is 1.36. The number of hydrogen-bond donors (Lipinski definition) is 3. The maximum atomic E-state index is 14.4. The number of esters is 1. The number of oxazole rings is 1. The second-order valence-corrected chi connectivity index (χ2v) is 20.8. The number of aromatic nitrogens is 5. The van der Waals surface area contributed by atoms with E-state index in [2.05, 4.69) is 44.6 Å². The summed E-state index contributed by atoms with van der Waals surface area (Å²) in [6.07, 6.45) is -0.867. The zero-order valence-electron chi connectivity index (χ0n) is 39.8. The number of thiazole rings is 1. The highest BCUT2D eigenvalue weighted by Crippen LogP contribution is 2.40. The third-order valence-corrected chi connectivity index (χ3v) is 15.1. The highest BCUT2D eigenvalue weighted by Gasteiger charge is 2.45. The van der Waals surface area contributed by atoms with Crippen molar-refractivity contribution in [1.29, 1.82) is 0 Å². The summed E-state index contributed by atoms with van der Waals surface area (Å²) in [6.45, 7) is 15.3. The number of likely N-dealkylation sites (tertiary alicyclic amines) is 1. The second kappa shape index (κ2) is 18.5. The summed E-state index contributed by atoms with van der Waals surface area (Å²) in [6, 6.07) is 18.3. The number of β-amino-alcohol motifs (C(OH)–C–C–N with tert-alkyl or cyclic N) is 1. The number of hydrogen-bond acceptors (Lipinski definition) is 14. The maximum absolute atomic E-state index is 14.4. The summed E-state index contributed by atoms with van der Waals surface area (Å²) in [5.74, 6) is -0.951. The van der Waals surface area contributed by atoms with Crippen LogP contribution in [0.15, 0.2) is 81.7 Å². The summed E-state index contributed by atoms with van der Waals surface area (Å²) in [4.78, 5) is 72.3. The van der Waals surface area contributed by atoms with Gasteiger partial charge in [-0.05, 0) is 80.0 Å². The Labute approximate surface area is 406 Å². The fourth-order valence-corrected chi connectivity index (χ4v) is 11.0. The van der Waals surface area contributed by atoms with Gasteiger partial charge in [0, 0.05) is 29.0 Å². The fourth-order valence-electron chi connectivity index (χ4n) is 9.00. The number of methoxy groups -OCH3 is 1. The van der Waals surface area contributed by atoms with Gasteiger partial charge in [-0.1, -0.05) is 75.4 Å². The first kappa shape index (κ1) is 47.2. The fraction of sp³-hybridized carbons (Fsp3) is 0.353. The van der Waals surface area contributed by atoms with Crippen LogP contribution in [0.1, 0.15) is 108 Å². The van der Waals surface area contributed by atoms with Crippen LogP contribution in [0.2, 0.25) is 0 Å². The lowest BCUT2D eigenvalue weighted by molar-refractivity contribution is -0.142. The number of rotatable bonds is 11. The molecule has 1 saturated heterocycles. The molecule has 3 N–H and O–H groups in total. The average Bonchev–Trinajstić information content (AvgIpc) is 4.16. The van der Waals surface area contributed by atoms with Crippen molar-refractivity contribution in [3.63, 3.8) is 0 Å². The van der Waals surface area contributed by atoms with E-state index >= 15 is 0 Å². The molecule has 69 heavy (non-hydrogen) atoms. The average molecular weight is 968 g/mol. The normalized spacial score (nSPS) is 17.7. The minimum Gasteiger partial charge on any atom is -0.469 e. The maximum Gasteiger partial charge on any atom is 0.308 e. The molecule has 6 heterocycles. The van der Waals surface area contributed by atoms with Gasteiger partial charge in [-0.2, -0.15) is 0 Å². The molecule has 5 atom stereocenters. The summed E-state index contributed by atoms with van der Waals surface area (Å²) in [5.41, 5.74) is 10.0. The lowest BCUT2D eigenvalue weighted by atomic mass is 9.85. The van der Waals surface area contributed by atoms with Crippen LogP contribution in [0.25, 0.3) is 37.7 Å². The van der Waals surface area contributed by atoms with Crippen LogP contribution in [0.3, 0.4) is 0 Å². The minimum atomic E-state index is -1.09. The van der Waals surface area contributed by atoms with Crippen LogP contribution >= 0.6 is 22.7 Å². The molecule has 16 nitrogen and oxygen atoms in total. The largest absolute Gasteiger partial charge is 0.469 e. The first-order valence-corrected chi connectivity index (χ1v) is 24.4. The molecule has 1 fully saturated rings. The molecule has 0 spiro atoms. The van der Waals surface area contributed by atoms with Crippen molar-refractivity contribution < 1.29 is 33.4 Å². The molecule has 2 aliphatic rings. The molecule has 1 unspecified atom stereocenters. The number of ether oxygens (including phenoxy) is 1. The Balaban J connectivity index is 0.914. The van der Waals surface area contributed by atoms with Crippen LogP contribution in [0.4, 0.5) is 0 Å². The van der Waals surface area contributed by atoms with Gasteiger partial charge in [0.25, 0.3) is 5.89 Å². The topological polar surface area (TPSA) is 207 Å². The molecular weight excluding hydrogens is 915 g/mol. The molecule has 356 valence electrons. The summed E-state index contributed by atoms with van der Waals surface area (Å²) < 4.78 is 13.1. The number of fused-ring (bicyclic) bond motifs is 4. The first-order chi connectivity index (χ1) is 32.9. The van der Waals surface area contributed by atoms with Crippen molar-refractivity contribution in [2.75, 3.05) is 13.7 Å². The number of aryl methyl sites for hydroxylation is 3. The number of nitrogens with one attached hydrogen (secondary N) is 2. The number of aliphatic hydroxyl groups excluding tert-OH is 1. The lowest BCUT2D eigenvalue weighted by Crippen LogP contribution is -2.57. The van der Waals surface area contributed by atoms with Gasteiger partial charge in [-0.3, -0.25) is 28.7 Å². The Bertz CT molecular complexity index is 3160. The van der Waals surface area contributed by atoms with Crippen molar-refractivity contribution in [3.05, 3.63) is 123 Å². The van der Waals surface area contributed by atoms with E-state index in [1.165, 1.54) is 12.0 Å². The number of aliphatic hydroxyl groups is 1. The molecule has 7 aromatic rings. The molecule has 18 heteroatoms. The number of carbonyl (C=O) groups is 4. The standard InChI is InChI=1S/C51H53N9O7S2/c1-25-28(4)69-50-41(25)42(54-37(22-40(62)66-9)45-58-57-29(5)60(45)50)32-14-12-31(13-15-32)34-18-19-36-39(20-34)67-48(55-36)47(64)56-44(51(6,7)8)49(65)59-23-35(61)21-38(59)46(63)53-26(2)30-10-16-33(17-11-30)43-27(3)52-24-68-43/h10-20,24,26,35,37-38,44,61H,21-23H2,1-9H3,(H,53,63)(H,56,64)/t26-,35+,37-,38-,44?/m0/s1. The third kappa shape index (κ3) is 9.11. The van der Waals surface area contributed by atoms with Crippen molar-refractivity contribution in [2.45, 2.75) is 98.5 Å². The Morgan fingerprint density at radius 1 is 0.928 bits per heavy atom. The Morgan fingerprint density at radius 3 is 2.30 bits per heavy atom. The quantitative estimate of drug-likeness (QED) is 0.106. The van der Waals surface area contributed by atoms with E-state index in [-0.39, 0.29) is 31.3 Å². The van der Waals surface area contributed by atoms with Gasteiger partial charge in [0.1, 0.15) is 34.5 Å². The number of nitrogens with zero attached hydrogens (tertiary/aromatic N) is 7. The SMILES string of the molecule is COC(=O)C[C@@H]1N=C(c2ccc(-c3ccc4nc(C(=O)NC(C(=O)N5C[C@H](O)C[C@H]5C(=O)N[C@@H](C)c5ccc(-c6scnc6C)cc5)C(C)(C)C)oc4c3)cc2)c2c(sc(C)c2C)-n2c(C)nnc21. The van der Waals surface area contributed by atoms with Gasteiger partial charge >= 0.3 is 11.9 Å². The van der Waals surface area contributed by atoms with Gasteiger partial charge in [-0.15, -0.1) is 32.9 Å². The van der Waals surface area contributed by atoms with Gasteiger partial charge in [0.05, 0.1) is 47.5 Å². The Kier molecular flexibility index (Phi) is 12.7. The van der Waals surface area contributed by atoms with Crippen LogP contribution in [-0.2, 0) is 19.1 Å². The molecule has 2 aliphatic heterocycles. The number of carbonyl (C=O) groups excluding carboxylic acids is 4. The predicted octanol–water partition coefficient (Wildman–Crippen LogP) is 7.93. The minimum absolute atomic E-state index is 0.000920. The monoisotopic (exact) mass is 967 g/mol. The van der Waals surface area contributed by atoms with Crippen molar-refractivity contribution in [3.8, 4) is 26.6 Å². The molecule has 3 amide bonds. The van der Waals surface area contributed by atoms with Gasteiger partial charge in [-0.25, -0.2) is 9.97 Å². The number of aliphatic imine (C=N–C) groups is 1. The third-order valence-electron chi connectivity index (χ3n) is 12.9. The number of benzene rings is 3. The second-order valence-electron chi connectivity index (χ2n) is 18.7. The molecule has 0 aliphatic carbocycles. The van der Waals surface area contributed by atoms with Crippen LogP contribution in [0, 0.1) is 33.1 Å². The molecule has 9 rings (SSSR count). The van der Waals surface area contributed by atoms with E-state index in [1.54, 1.807) is 28.7 Å². The van der Waals surface area contributed by atoms with Gasteiger partial charge < -0.3 is 29.8 Å². The Morgan fingerprint density at radius 2 is 1.62 bits per heavy atom. The van der Waals surface area contributed by atoms with E-state index < -0.39 is 53.3 Å². The zero-order chi connectivity index (χ0) is 49.1. The number of amides is 3. The van der Waals surface area contributed by atoms with Crippen LogP contribution < -0.4 is 10.6 Å². The van der Waals surface area contributed by atoms with E-state index in [0.717, 1.165) is 65.1 Å². The Hall–Kier alpha value is -6.89. The highest BCUT2D eigenvalue weighted by molar-refractivity contribution is 7.15. The van der Waals surface area contributed by atoms with Crippen LogP contribution in [0.5, 0.6) is 0 Å². The van der Waals surface area contributed by atoms with E-state index in [1.807, 2.05) is 112 Å². The predicted molar refractivity (Wildman–Crippen MR) is 264 cm³/mol. The van der Waals surface area contributed by atoms with Gasteiger partial charge in [0.2, 0.25) is 11.8 Å². The molecule has 0 saturated carbocycles. The molecular formula is C51H53N9O7S2. The van der Waals surface area contributed by atoms with E-state index in [4.69, 9.17) is 14.1 Å². The smallest absolute Gasteiger partial charge is 0.308 e. The molecule has 4 aromatic heterocycles. The van der Waals surface area contributed by atoms with Crippen molar-refractivity contribution in [1.82, 2.24) is 40.3 Å². The molecule has 0 radical (unpaired) electrons. The number of thiophene rings is 1. The first-order valence-electron chi connectivity index (χ1n) is 22.7. The van der Waals surface area contributed by atoms with Crippen molar-refractivity contribution >= 4 is 63.2 Å². The van der Waals surface area contributed by atoms with Crippen molar-refractivity contribution in [2.24, 2.45) is 10.4 Å². The molecule has 3 aromatic carbocycles.